The number of nitrogens with zero attached hydrogens (tertiary/aromatic N) is 3. The molecule has 0 bridgehead atoms. The van der Waals surface area contributed by atoms with Crippen LogP contribution in [0.25, 0.3) is 11.7 Å². The lowest BCUT2D eigenvalue weighted by atomic mass is 10.2. The highest BCUT2D eigenvalue weighted by Gasteiger charge is 2.30. The highest BCUT2D eigenvalue weighted by Crippen LogP contribution is 2.25. The summed E-state index contributed by atoms with van der Waals surface area (Å²) < 4.78 is 2.50. The summed E-state index contributed by atoms with van der Waals surface area (Å²) in [4.78, 5) is 36.5. The van der Waals surface area contributed by atoms with Gasteiger partial charge in [0.1, 0.15) is 5.65 Å². The third-order valence-electron chi connectivity index (χ3n) is 4.30. The fourth-order valence-electron chi connectivity index (χ4n) is 2.94. The molecule has 1 aliphatic rings. The molecule has 144 valence electrons. The van der Waals surface area contributed by atoms with Crippen LogP contribution in [0, 0.1) is 12.8 Å². The van der Waals surface area contributed by atoms with Gasteiger partial charge in [-0.2, -0.15) is 9.61 Å². The van der Waals surface area contributed by atoms with E-state index in [1.54, 1.807) is 6.92 Å². The number of aliphatic carboxylic acids is 1. The number of hydrogen-bond donors (Lipinski definition) is 3. The van der Waals surface area contributed by atoms with E-state index in [4.69, 9.17) is 5.11 Å². The molecular weight excluding hydrogens is 352 g/mol. The molecule has 9 heteroatoms. The van der Waals surface area contributed by atoms with Gasteiger partial charge in [-0.15, -0.1) is 0 Å². The Hall–Kier alpha value is -3.10. The van der Waals surface area contributed by atoms with Crippen molar-refractivity contribution < 1.29 is 19.8 Å². The van der Waals surface area contributed by atoms with Crippen molar-refractivity contribution in [2.75, 3.05) is 0 Å². The zero-order chi connectivity index (χ0) is 19.9. The lowest BCUT2D eigenvalue weighted by Crippen LogP contribution is -2.36. The van der Waals surface area contributed by atoms with Gasteiger partial charge in [-0.3, -0.25) is 14.2 Å². The Bertz CT molecular complexity index is 1010. The first-order valence-electron chi connectivity index (χ1n) is 8.77. The summed E-state index contributed by atoms with van der Waals surface area (Å²) in [5, 5.41) is 26.4. The summed E-state index contributed by atoms with van der Waals surface area (Å²) in [6.45, 7) is 5.75. The number of hydrogen-bond acceptors (Lipinski definition) is 5. The Morgan fingerprint density at radius 2 is 2.04 bits per heavy atom. The second-order valence-electron chi connectivity index (χ2n) is 7.16. The molecule has 0 spiro atoms. The van der Waals surface area contributed by atoms with E-state index in [2.05, 4.69) is 10.4 Å². The number of carboxylic acids is 1. The second-order valence-corrected chi connectivity index (χ2v) is 7.16. The molecule has 1 amide bonds. The fraction of sp³-hybridized carbons (Fsp3) is 0.444. The van der Waals surface area contributed by atoms with Crippen LogP contribution in [0.15, 0.2) is 10.9 Å². The quantitative estimate of drug-likeness (QED) is 0.651. The van der Waals surface area contributed by atoms with Crippen LogP contribution in [0.1, 0.15) is 48.3 Å². The molecule has 1 saturated carbocycles. The summed E-state index contributed by atoms with van der Waals surface area (Å²) >= 11 is 0. The summed E-state index contributed by atoms with van der Waals surface area (Å²) in [5.74, 6) is -2.25. The summed E-state index contributed by atoms with van der Waals surface area (Å²) in [6, 6.07) is 0.0268. The van der Waals surface area contributed by atoms with E-state index < -0.39 is 23.3 Å². The molecule has 0 aliphatic heterocycles. The molecule has 0 atom stereocenters. The largest absolute Gasteiger partial charge is 0.492 e. The topological polar surface area (TPSA) is 126 Å². The molecule has 1 aliphatic carbocycles. The molecule has 2 aromatic rings. The molecule has 3 rings (SSSR count). The van der Waals surface area contributed by atoms with E-state index in [9.17, 15) is 19.5 Å². The van der Waals surface area contributed by atoms with Gasteiger partial charge >= 0.3 is 5.97 Å². The number of aryl methyl sites for hydroxylation is 1. The maximum Gasteiger partial charge on any atom is 0.328 e. The van der Waals surface area contributed by atoms with E-state index >= 15 is 0 Å². The van der Waals surface area contributed by atoms with Gasteiger partial charge in [0.05, 0.1) is 5.69 Å². The SMILES string of the molecule is Cc1nn2c(O)c(C(=O)NC3CC3)c(=O)n(CC(C)C)c2c1/C=C/C(=O)O. The van der Waals surface area contributed by atoms with Crippen molar-refractivity contribution in [3.8, 4) is 5.88 Å². The van der Waals surface area contributed by atoms with Gasteiger partial charge < -0.3 is 15.5 Å². The molecule has 0 saturated heterocycles. The number of fused-ring (bicyclic) bond motifs is 1. The first kappa shape index (κ1) is 18.7. The van der Waals surface area contributed by atoms with Crippen LogP contribution in [-0.4, -0.2) is 42.3 Å². The van der Waals surface area contributed by atoms with Crippen molar-refractivity contribution >= 4 is 23.6 Å². The molecule has 27 heavy (non-hydrogen) atoms. The average molecular weight is 374 g/mol. The average Bonchev–Trinajstić information content (AvgIpc) is 3.30. The highest BCUT2D eigenvalue weighted by atomic mass is 16.4. The van der Waals surface area contributed by atoms with E-state index in [1.165, 1.54) is 10.6 Å². The van der Waals surface area contributed by atoms with E-state index in [0.29, 0.717) is 11.3 Å². The Balaban J connectivity index is 2.30. The van der Waals surface area contributed by atoms with Crippen LogP contribution < -0.4 is 10.9 Å². The first-order valence-corrected chi connectivity index (χ1v) is 8.77. The number of rotatable bonds is 6. The van der Waals surface area contributed by atoms with Crippen LogP contribution in [0.3, 0.4) is 0 Å². The van der Waals surface area contributed by atoms with Gasteiger partial charge in [0.15, 0.2) is 5.56 Å². The molecule has 2 aromatic heterocycles. The van der Waals surface area contributed by atoms with Gasteiger partial charge in [-0.25, -0.2) is 4.79 Å². The normalized spacial score (nSPS) is 14.4. The van der Waals surface area contributed by atoms with Crippen LogP contribution in [0.4, 0.5) is 0 Å². The number of carbonyl (C=O) groups excluding carboxylic acids is 1. The van der Waals surface area contributed by atoms with E-state index in [-0.39, 0.29) is 29.7 Å². The molecular formula is C18H22N4O5. The van der Waals surface area contributed by atoms with Crippen molar-refractivity contribution in [2.24, 2.45) is 5.92 Å². The summed E-state index contributed by atoms with van der Waals surface area (Å²) in [7, 11) is 0. The summed E-state index contributed by atoms with van der Waals surface area (Å²) in [5.41, 5.74) is 0.103. The zero-order valence-corrected chi connectivity index (χ0v) is 15.4. The molecule has 0 unspecified atom stereocenters. The predicted molar refractivity (Wildman–Crippen MR) is 97.8 cm³/mol. The van der Waals surface area contributed by atoms with Gasteiger partial charge in [0.2, 0.25) is 5.88 Å². The monoisotopic (exact) mass is 374 g/mol. The lowest BCUT2D eigenvalue weighted by Gasteiger charge is -2.15. The number of aromatic hydroxyl groups is 1. The van der Waals surface area contributed by atoms with Gasteiger partial charge in [0, 0.05) is 24.2 Å². The molecule has 2 heterocycles. The summed E-state index contributed by atoms with van der Waals surface area (Å²) in [6.07, 6.45) is 3.97. The van der Waals surface area contributed by atoms with Crippen LogP contribution in [0.5, 0.6) is 5.88 Å². The maximum absolute atomic E-state index is 13.0. The number of nitrogens with one attached hydrogen (secondary N) is 1. The Labute approximate surface area is 154 Å². The number of amides is 1. The van der Waals surface area contributed by atoms with E-state index in [0.717, 1.165) is 23.4 Å². The Morgan fingerprint density at radius 1 is 1.37 bits per heavy atom. The number of carbonyl (C=O) groups is 2. The predicted octanol–water partition coefficient (Wildman–Crippen LogP) is 1.16. The zero-order valence-electron chi connectivity index (χ0n) is 15.4. The number of aromatic nitrogens is 3. The second kappa shape index (κ2) is 6.90. The van der Waals surface area contributed by atoms with Gasteiger partial charge in [-0.05, 0) is 31.8 Å². The Kier molecular flexibility index (Phi) is 4.77. The Morgan fingerprint density at radius 3 is 2.59 bits per heavy atom. The molecule has 3 N–H and O–H groups in total. The van der Waals surface area contributed by atoms with Crippen LogP contribution in [-0.2, 0) is 11.3 Å². The molecule has 0 aromatic carbocycles. The minimum Gasteiger partial charge on any atom is -0.492 e. The highest BCUT2D eigenvalue weighted by molar-refractivity contribution is 5.97. The molecule has 0 radical (unpaired) electrons. The lowest BCUT2D eigenvalue weighted by molar-refractivity contribution is -0.131. The minimum atomic E-state index is -1.14. The third-order valence-corrected chi connectivity index (χ3v) is 4.30. The minimum absolute atomic E-state index is 0.0268. The van der Waals surface area contributed by atoms with Crippen molar-refractivity contribution in [1.82, 2.24) is 19.5 Å². The first-order chi connectivity index (χ1) is 12.7. The van der Waals surface area contributed by atoms with Crippen molar-refractivity contribution in [2.45, 2.75) is 46.2 Å². The van der Waals surface area contributed by atoms with Gasteiger partial charge in [-0.1, -0.05) is 13.8 Å². The van der Waals surface area contributed by atoms with Crippen LogP contribution >= 0.6 is 0 Å². The van der Waals surface area contributed by atoms with E-state index in [1.807, 2.05) is 13.8 Å². The van der Waals surface area contributed by atoms with Crippen molar-refractivity contribution in [1.29, 1.82) is 0 Å². The van der Waals surface area contributed by atoms with Crippen molar-refractivity contribution in [3.05, 3.63) is 33.3 Å². The maximum atomic E-state index is 13.0. The fourth-order valence-corrected chi connectivity index (χ4v) is 2.94. The molecule has 1 fully saturated rings. The van der Waals surface area contributed by atoms with Crippen LogP contribution in [0.2, 0.25) is 0 Å². The standard InChI is InChI=1S/C18H22N4O5/c1-9(2)8-21-16-12(6-7-13(23)24)10(3)20-22(16)18(27)14(17(21)26)15(25)19-11-4-5-11/h6-7,9,11,27H,4-5,8H2,1-3H3,(H,19,25)(H,23,24)/b7-6+. The molecule has 9 nitrogen and oxygen atoms in total. The van der Waals surface area contributed by atoms with Gasteiger partial charge in [0.25, 0.3) is 11.5 Å². The smallest absolute Gasteiger partial charge is 0.328 e. The third kappa shape index (κ3) is 3.57. The van der Waals surface area contributed by atoms with Crippen molar-refractivity contribution in [3.63, 3.8) is 0 Å². The number of carboxylic acid groups (broad SMARTS) is 1.